The Kier molecular flexibility index (Phi) is 7.32. The average Bonchev–Trinajstić information content (AvgIpc) is 3.32. The molecule has 2 aliphatic rings. The summed E-state index contributed by atoms with van der Waals surface area (Å²) in [5.74, 6) is -0.593. The molecule has 3 heterocycles. The molecule has 8 nitrogen and oxygen atoms in total. The number of halogens is 1. The van der Waals surface area contributed by atoms with Gasteiger partial charge in [0.1, 0.15) is 23.7 Å². The number of nitrogens with one attached hydrogen (secondary N) is 1. The van der Waals surface area contributed by atoms with E-state index in [1.807, 2.05) is 13.8 Å². The Morgan fingerprint density at radius 1 is 1.24 bits per heavy atom. The quantitative estimate of drug-likeness (QED) is 0.662. The van der Waals surface area contributed by atoms with Crippen molar-refractivity contribution in [1.82, 2.24) is 10.3 Å². The summed E-state index contributed by atoms with van der Waals surface area (Å²) in [5, 5.41) is 16.2. The van der Waals surface area contributed by atoms with E-state index in [2.05, 4.69) is 15.5 Å². The van der Waals surface area contributed by atoms with Gasteiger partial charge in [-0.05, 0) is 42.7 Å². The maximum Gasteiger partial charge on any atom is 0.251 e. The highest BCUT2D eigenvalue weighted by atomic mass is 19.1. The van der Waals surface area contributed by atoms with Gasteiger partial charge in [-0.25, -0.2) is 4.39 Å². The second-order valence-electron chi connectivity index (χ2n) is 8.18. The van der Waals surface area contributed by atoms with Crippen LogP contribution < -0.4 is 5.32 Å². The van der Waals surface area contributed by atoms with Gasteiger partial charge < -0.3 is 24.7 Å². The van der Waals surface area contributed by atoms with E-state index in [1.165, 1.54) is 12.1 Å². The Morgan fingerprint density at radius 2 is 2.09 bits per heavy atom. The van der Waals surface area contributed by atoms with E-state index in [1.54, 1.807) is 18.2 Å². The maximum absolute atomic E-state index is 13.4. The first-order chi connectivity index (χ1) is 16.0. The minimum Gasteiger partial charge on any atom is -0.394 e. The van der Waals surface area contributed by atoms with Crippen LogP contribution in [0.5, 0.6) is 0 Å². The zero-order valence-corrected chi connectivity index (χ0v) is 18.7. The summed E-state index contributed by atoms with van der Waals surface area (Å²) < 4.78 is 24.8. The van der Waals surface area contributed by atoms with E-state index >= 15 is 0 Å². The van der Waals surface area contributed by atoms with Gasteiger partial charge in [-0.2, -0.15) is 0 Å². The second kappa shape index (κ2) is 10.4. The number of hydrogen-bond acceptors (Lipinski definition) is 7. The molecule has 1 fully saturated rings. The van der Waals surface area contributed by atoms with Crippen LogP contribution in [0.1, 0.15) is 46.2 Å². The second-order valence-corrected chi connectivity index (χ2v) is 8.18. The molecule has 2 aromatic rings. The molecule has 0 saturated carbocycles. The number of benzene rings is 1. The van der Waals surface area contributed by atoms with E-state index < -0.39 is 0 Å². The first kappa shape index (κ1) is 23.3. The molecule has 0 aliphatic carbocycles. The molecular weight excluding hydrogens is 429 g/mol. The molecule has 176 valence electrons. The Bertz CT molecular complexity index is 1040. The zero-order chi connectivity index (χ0) is 23.4. The molecule has 2 aliphatic heterocycles. The van der Waals surface area contributed by atoms with Gasteiger partial charge >= 0.3 is 0 Å². The SMILES string of the molecule is CCc1c(C(=O)NCc2cccc(F)c2)cc(C2=NOC(C3COC(CO)CO3)C2)nc1C. The highest BCUT2D eigenvalue weighted by molar-refractivity contribution is 6.03. The number of carbonyl (C=O) groups excluding carboxylic acids is 1. The standard InChI is InChI=1S/C24H28FN3O5/c1-3-18-14(2)27-20(8-19(18)24(30)26-10-15-5-4-6-16(25)7-15)21-9-22(33-28-21)23-13-31-17(11-29)12-32-23/h4-8,17,22-23,29H,3,9-13H2,1-2H3,(H,26,30). The zero-order valence-electron chi connectivity index (χ0n) is 18.7. The molecule has 33 heavy (non-hydrogen) atoms. The molecule has 3 unspecified atom stereocenters. The molecular formula is C24H28FN3O5. The Balaban J connectivity index is 1.47. The summed E-state index contributed by atoms with van der Waals surface area (Å²) in [6.45, 7) is 4.58. The van der Waals surface area contributed by atoms with Gasteiger partial charge in [0.2, 0.25) is 0 Å². The van der Waals surface area contributed by atoms with E-state index in [-0.39, 0.29) is 43.2 Å². The van der Waals surface area contributed by atoms with Crippen LogP contribution >= 0.6 is 0 Å². The minimum atomic E-state index is -0.342. The number of pyridine rings is 1. The number of nitrogens with zero attached hydrogens (tertiary/aromatic N) is 2. The largest absolute Gasteiger partial charge is 0.394 e. The van der Waals surface area contributed by atoms with Crippen molar-refractivity contribution in [2.45, 2.75) is 51.5 Å². The van der Waals surface area contributed by atoms with Crippen LogP contribution in [0.2, 0.25) is 0 Å². The van der Waals surface area contributed by atoms with Crippen LogP contribution in [0.25, 0.3) is 0 Å². The molecule has 3 atom stereocenters. The highest BCUT2D eigenvalue weighted by Gasteiger charge is 2.35. The number of hydrogen-bond donors (Lipinski definition) is 2. The predicted octanol–water partition coefficient (Wildman–Crippen LogP) is 2.29. The van der Waals surface area contributed by atoms with Crippen molar-refractivity contribution < 1.29 is 28.6 Å². The van der Waals surface area contributed by atoms with Crippen molar-refractivity contribution in [2.75, 3.05) is 19.8 Å². The molecule has 1 saturated heterocycles. The number of aryl methyl sites for hydroxylation is 1. The van der Waals surface area contributed by atoms with Gasteiger partial charge in [-0.1, -0.05) is 24.2 Å². The predicted molar refractivity (Wildman–Crippen MR) is 119 cm³/mol. The van der Waals surface area contributed by atoms with Crippen LogP contribution in [-0.2, 0) is 27.3 Å². The number of oxime groups is 1. The van der Waals surface area contributed by atoms with Crippen molar-refractivity contribution in [3.63, 3.8) is 0 Å². The number of amides is 1. The fourth-order valence-electron chi connectivity index (χ4n) is 4.05. The third-order valence-electron chi connectivity index (χ3n) is 5.87. The highest BCUT2D eigenvalue weighted by Crippen LogP contribution is 2.25. The first-order valence-corrected chi connectivity index (χ1v) is 11.1. The van der Waals surface area contributed by atoms with Crippen molar-refractivity contribution >= 4 is 11.6 Å². The summed E-state index contributed by atoms with van der Waals surface area (Å²) in [4.78, 5) is 23.3. The number of rotatable bonds is 7. The van der Waals surface area contributed by atoms with Gasteiger partial charge in [0, 0.05) is 24.2 Å². The monoisotopic (exact) mass is 457 g/mol. The number of ether oxygens (including phenoxy) is 2. The van der Waals surface area contributed by atoms with E-state index in [0.29, 0.717) is 48.6 Å². The topological polar surface area (TPSA) is 102 Å². The van der Waals surface area contributed by atoms with E-state index in [4.69, 9.17) is 14.3 Å². The van der Waals surface area contributed by atoms with Gasteiger partial charge in [0.15, 0.2) is 6.10 Å². The maximum atomic E-state index is 13.4. The molecule has 1 amide bonds. The summed E-state index contributed by atoms with van der Waals surface area (Å²) in [7, 11) is 0. The fraction of sp³-hybridized carbons (Fsp3) is 0.458. The number of aliphatic hydroxyl groups is 1. The van der Waals surface area contributed by atoms with Crippen LogP contribution in [0.3, 0.4) is 0 Å². The van der Waals surface area contributed by atoms with E-state index in [0.717, 1.165) is 11.3 Å². The number of aliphatic hydroxyl groups excluding tert-OH is 1. The molecule has 2 N–H and O–H groups in total. The molecule has 0 bridgehead atoms. The third kappa shape index (κ3) is 5.38. The van der Waals surface area contributed by atoms with Gasteiger partial charge in [0.05, 0.1) is 25.5 Å². The molecule has 0 spiro atoms. The van der Waals surface area contributed by atoms with E-state index in [9.17, 15) is 14.3 Å². The lowest BCUT2D eigenvalue weighted by atomic mass is 9.99. The van der Waals surface area contributed by atoms with Crippen LogP contribution in [-0.4, -0.2) is 59.8 Å². The lowest BCUT2D eigenvalue weighted by Crippen LogP contribution is -2.43. The minimum absolute atomic E-state index is 0.0863. The molecule has 1 aromatic carbocycles. The molecule has 4 rings (SSSR count). The molecule has 1 aromatic heterocycles. The van der Waals surface area contributed by atoms with Gasteiger partial charge in [-0.3, -0.25) is 9.78 Å². The summed E-state index contributed by atoms with van der Waals surface area (Å²) in [5.41, 5.74) is 4.02. The summed E-state index contributed by atoms with van der Waals surface area (Å²) in [6, 6.07) is 7.87. The Labute approximate surface area is 191 Å². The van der Waals surface area contributed by atoms with Crippen molar-refractivity contribution in [2.24, 2.45) is 5.16 Å². The lowest BCUT2D eigenvalue weighted by Gasteiger charge is -2.30. The van der Waals surface area contributed by atoms with Crippen molar-refractivity contribution in [3.8, 4) is 0 Å². The smallest absolute Gasteiger partial charge is 0.251 e. The Hall–Kier alpha value is -2.88. The van der Waals surface area contributed by atoms with Crippen LogP contribution in [0.4, 0.5) is 4.39 Å². The van der Waals surface area contributed by atoms with Gasteiger partial charge in [-0.15, -0.1) is 0 Å². The summed E-state index contributed by atoms with van der Waals surface area (Å²) >= 11 is 0. The van der Waals surface area contributed by atoms with Gasteiger partial charge in [0.25, 0.3) is 5.91 Å². The average molecular weight is 458 g/mol. The normalized spacial score (nSPS) is 22.5. The molecule has 9 heteroatoms. The lowest BCUT2D eigenvalue weighted by molar-refractivity contribution is -0.178. The molecule has 0 radical (unpaired) electrons. The van der Waals surface area contributed by atoms with Crippen molar-refractivity contribution in [1.29, 1.82) is 0 Å². The van der Waals surface area contributed by atoms with Crippen LogP contribution in [0.15, 0.2) is 35.5 Å². The summed E-state index contributed by atoms with van der Waals surface area (Å²) in [6.07, 6.45) is 0.187. The number of aromatic nitrogens is 1. The fourth-order valence-corrected chi connectivity index (χ4v) is 4.05. The van der Waals surface area contributed by atoms with Crippen molar-refractivity contribution in [3.05, 3.63) is 64.2 Å². The van der Waals surface area contributed by atoms with Crippen LogP contribution in [0, 0.1) is 12.7 Å². The third-order valence-corrected chi connectivity index (χ3v) is 5.87. The number of carbonyl (C=O) groups is 1. The first-order valence-electron chi connectivity index (χ1n) is 11.1. The Morgan fingerprint density at radius 3 is 2.79 bits per heavy atom.